The average molecular weight is 447 g/mol. The van der Waals surface area contributed by atoms with Crippen molar-refractivity contribution in [2.45, 2.75) is 71.3 Å². The van der Waals surface area contributed by atoms with Gasteiger partial charge in [0.05, 0.1) is 18.2 Å². The van der Waals surface area contributed by atoms with Crippen LogP contribution in [0, 0.1) is 0 Å². The highest BCUT2D eigenvalue weighted by Gasteiger charge is 2.31. The molecule has 2 fully saturated rings. The number of piperidine rings is 1. The maximum absolute atomic E-state index is 12.9. The van der Waals surface area contributed by atoms with E-state index < -0.39 is 5.60 Å². The summed E-state index contributed by atoms with van der Waals surface area (Å²) in [6.07, 6.45) is 1.74. The number of urea groups is 1. The number of likely N-dealkylation sites (tertiary alicyclic amines) is 1. The van der Waals surface area contributed by atoms with Crippen molar-refractivity contribution >= 4 is 23.5 Å². The van der Waals surface area contributed by atoms with E-state index in [9.17, 15) is 9.59 Å². The molecular weight excluding hydrogens is 408 g/mol. The SMILES string of the molecule is CC1CN(c2ccc(NC(=O)N3CCCC(N(C)C(=O)OC(C)(C)C)C3)cc2)CC(C)O1. The molecule has 3 amide bonds. The summed E-state index contributed by atoms with van der Waals surface area (Å²) in [7, 11) is 1.74. The lowest BCUT2D eigenvalue weighted by Gasteiger charge is -2.38. The predicted molar refractivity (Wildman–Crippen MR) is 126 cm³/mol. The molecule has 1 aromatic rings. The molecule has 2 aliphatic rings. The van der Waals surface area contributed by atoms with E-state index in [-0.39, 0.29) is 30.4 Å². The monoisotopic (exact) mass is 446 g/mol. The van der Waals surface area contributed by atoms with Crippen LogP contribution in [-0.4, -0.2) is 79.0 Å². The maximum Gasteiger partial charge on any atom is 0.410 e. The number of nitrogens with zero attached hydrogens (tertiary/aromatic N) is 3. The number of carbonyl (C=O) groups is 2. The van der Waals surface area contributed by atoms with Crippen LogP contribution in [0.15, 0.2) is 24.3 Å². The van der Waals surface area contributed by atoms with Gasteiger partial charge in [-0.25, -0.2) is 9.59 Å². The van der Waals surface area contributed by atoms with Crippen molar-refractivity contribution in [3.05, 3.63) is 24.3 Å². The van der Waals surface area contributed by atoms with Crippen LogP contribution in [0.2, 0.25) is 0 Å². The van der Waals surface area contributed by atoms with Gasteiger partial charge in [-0.2, -0.15) is 0 Å². The molecule has 32 heavy (non-hydrogen) atoms. The first kappa shape index (κ1) is 24.2. The van der Waals surface area contributed by atoms with Crippen molar-refractivity contribution in [2.24, 2.45) is 0 Å². The Balaban J connectivity index is 1.55. The van der Waals surface area contributed by atoms with Gasteiger partial charge in [-0.05, 0) is 71.7 Å². The molecule has 2 heterocycles. The van der Waals surface area contributed by atoms with E-state index >= 15 is 0 Å². The number of carbonyl (C=O) groups excluding carboxylic acids is 2. The second-order valence-corrected chi connectivity index (χ2v) is 9.97. The number of rotatable bonds is 3. The molecule has 0 aromatic heterocycles. The number of morpholine rings is 1. The fourth-order valence-electron chi connectivity index (χ4n) is 4.29. The van der Waals surface area contributed by atoms with Crippen LogP contribution in [0.4, 0.5) is 21.0 Å². The number of hydrogen-bond acceptors (Lipinski definition) is 5. The summed E-state index contributed by atoms with van der Waals surface area (Å²) in [6.45, 7) is 12.6. The molecule has 1 aromatic carbocycles. The Morgan fingerprint density at radius 2 is 1.72 bits per heavy atom. The first-order valence-electron chi connectivity index (χ1n) is 11.5. The first-order valence-corrected chi connectivity index (χ1v) is 11.5. The van der Waals surface area contributed by atoms with Gasteiger partial charge in [0, 0.05) is 44.6 Å². The minimum atomic E-state index is -0.541. The highest BCUT2D eigenvalue weighted by molar-refractivity contribution is 5.89. The van der Waals surface area contributed by atoms with Crippen molar-refractivity contribution in [3.63, 3.8) is 0 Å². The third kappa shape index (κ3) is 6.51. The van der Waals surface area contributed by atoms with Crippen LogP contribution in [0.1, 0.15) is 47.5 Å². The van der Waals surface area contributed by atoms with E-state index in [0.29, 0.717) is 13.1 Å². The van der Waals surface area contributed by atoms with E-state index in [1.807, 2.05) is 45.0 Å². The number of ether oxygens (including phenoxy) is 2. The Morgan fingerprint density at radius 1 is 1.09 bits per heavy atom. The molecule has 0 radical (unpaired) electrons. The van der Waals surface area contributed by atoms with E-state index in [4.69, 9.17) is 9.47 Å². The molecule has 2 aliphatic heterocycles. The summed E-state index contributed by atoms with van der Waals surface area (Å²) in [4.78, 5) is 31.0. The molecule has 0 bridgehead atoms. The van der Waals surface area contributed by atoms with Gasteiger partial charge in [-0.1, -0.05) is 0 Å². The van der Waals surface area contributed by atoms with Gasteiger partial charge in [-0.3, -0.25) is 0 Å². The Bertz CT molecular complexity index is 782. The number of hydrogen-bond donors (Lipinski definition) is 1. The lowest BCUT2D eigenvalue weighted by Crippen LogP contribution is -2.52. The summed E-state index contributed by atoms with van der Waals surface area (Å²) < 4.78 is 11.3. The number of likely N-dealkylation sites (N-methyl/N-ethyl adjacent to an activating group) is 1. The summed E-state index contributed by atoms with van der Waals surface area (Å²) in [5.41, 5.74) is 1.35. The molecule has 3 atom stereocenters. The summed E-state index contributed by atoms with van der Waals surface area (Å²) in [6, 6.07) is 7.75. The van der Waals surface area contributed by atoms with Crippen molar-refractivity contribution in [1.29, 1.82) is 0 Å². The summed E-state index contributed by atoms with van der Waals surface area (Å²) in [5, 5.41) is 3.00. The zero-order valence-corrected chi connectivity index (χ0v) is 20.3. The smallest absolute Gasteiger partial charge is 0.410 e. The minimum Gasteiger partial charge on any atom is -0.444 e. The second-order valence-electron chi connectivity index (χ2n) is 9.97. The van der Waals surface area contributed by atoms with Gasteiger partial charge in [0.2, 0.25) is 0 Å². The van der Waals surface area contributed by atoms with Crippen molar-refractivity contribution < 1.29 is 19.1 Å². The van der Waals surface area contributed by atoms with Gasteiger partial charge in [0.25, 0.3) is 0 Å². The van der Waals surface area contributed by atoms with Gasteiger partial charge in [0.15, 0.2) is 0 Å². The molecule has 0 spiro atoms. The van der Waals surface area contributed by atoms with Crippen LogP contribution in [0.3, 0.4) is 0 Å². The number of anilines is 2. The molecular formula is C24H38N4O4. The van der Waals surface area contributed by atoms with Crippen LogP contribution < -0.4 is 10.2 Å². The van der Waals surface area contributed by atoms with E-state index in [1.54, 1.807) is 16.8 Å². The maximum atomic E-state index is 12.9. The fraction of sp³-hybridized carbons (Fsp3) is 0.667. The normalized spacial score (nSPS) is 24.1. The molecule has 2 saturated heterocycles. The summed E-state index contributed by atoms with van der Waals surface area (Å²) >= 11 is 0. The molecule has 8 nitrogen and oxygen atoms in total. The lowest BCUT2D eigenvalue weighted by atomic mass is 10.1. The van der Waals surface area contributed by atoms with E-state index in [1.165, 1.54) is 0 Å². The largest absolute Gasteiger partial charge is 0.444 e. The highest BCUT2D eigenvalue weighted by Crippen LogP contribution is 2.23. The van der Waals surface area contributed by atoms with Crippen LogP contribution in [0.25, 0.3) is 0 Å². The topological polar surface area (TPSA) is 74.4 Å². The molecule has 3 rings (SSSR count). The van der Waals surface area contributed by atoms with Gasteiger partial charge in [0.1, 0.15) is 5.60 Å². The van der Waals surface area contributed by atoms with Crippen LogP contribution in [0.5, 0.6) is 0 Å². The molecule has 8 heteroatoms. The molecule has 3 unspecified atom stereocenters. The minimum absolute atomic E-state index is 0.0583. The number of amides is 3. The van der Waals surface area contributed by atoms with E-state index in [2.05, 4.69) is 24.1 Å². The molecule has 0 saturated carbocycles. The average Bonchev–Trinajstić information content (AvgIpc) is 2.72. The van der Waals surface area contributed by atoms with Crippen LogP contribution >= 0.6 is 0 Å². The zero-order chi connectivity index (χ0) is 23.5. The van der Waals surface area contributed by atoms with E-state index in [0.717, 1.165) is 37.3 Å². The molecule has 1 N–H and O–H groups in total. The standard InChI is InChI=1S/C24H38N4O4/c1-17-14-28(15-18(2)31-17)20-11-9-19(10-12-20)25-22(29)27-13-7-8-21(16-27)26(6)23(30)32-24(3,4)5/h9-12,17-18,21H,7-8,13-16H2,1-6H3,(H,25,29). The van der Waals surface area contributed by atoms with Gasteiger partial charge < -0.3 is 29.5 Å². The quantitative estimate of drug-likeness (QED) is 0.755. The molecule has 0 aliphatic carbocycles. The Labute approximate surface area is 191 Å². The second kappa shape index (κ2) is 9.98. The van der Waals surface area contributed by atoms with Crippen LogP contribution in [-0.2, 0) is 9.47 Å². The molecule has 178 valence electrons. The van der Waals surface area contributed by atoms with Gasteiger partial charge >= 0.3 is 12.1 Å². The fourth-order valence-corrected chi connectivity index (χ4v) is 4.29. The number of benzene rings is 1. The Kier molecular flexibility index (Phi) is 7.54. The highest BCUT2D eigenvalue weighted by atomic mass is 16.6. The Morgan fingerprint density at radius 3 is 2.31 bits per heavy atom. The third-order valence-corrected chi connectivity index (χ3v) is 5.82. The zero-order valence-electron chi connectivity index (χ0n) is 20.3. The van der Waals surface area contributed by atoms with Crippen molar-refractivity contribution in [1.82, 2.24) is 9.80 Å². The number of nitrogens with one attached hydrogen (secondary N) is 1. The van der Waals surface area contributed by atoms with Crippen molar-refractivity contribution in [3.8, 4) is 0 Å². The predicted octanol–water partition coefficient (Wildman–Crippen LogP) is 4.16. The lowest BCUT2D eigenvalue weighted by molar-refractivity contribution is -0.00522. The van der Waals surface area contributed by atoms with Crippen molar-refractivity contribution in [2.75, 3.05) is 43.4 Å². The van der Waals surface area contributed by atoms with Gasteiger partial charge in [-0.15, -0.1) is 0 Å². The third-order valence-electron chi connectivity index (χ3n) is 5.82. The Hall–Kier alpha value is -2.48. The first-order chi connectivity index (χ1) is 15.0. The summed E-state index contributed by atoms with van der Waals surface area (Å²) in [5.74, 6) is 0.